The fourth-order valence-corrected chi connectivity index (χ4v) is 9.88. The zero-order valence-electron chi connectivity index (χ0n) is 38.9. The predicted octanol–water partition coefficient (Wildman–Crippen LogP) is 16.8. The van der Waals surface area contributed by atoms with E-state index in [0.717, 1.165) is 47.0 Å². The minimum absolute atomic E-state index is 0.105. The average molecular weight is 863 g/mol. The lowest BCUT2D eigenvalue weighted by molar-refractivity contribution is -0.128. The summed E-state index contributed by atoms with van der Waals surface area (Å²) in [5.74, 6) is -0.00593. The Morgan fingerprint density at radius 2 is 0.833 bits per heavy atom. The highest BCUT2D eigenvalue weighted by Gasteiger charge is 2.36. The Morgan fingerprint density at radius 3 is 1.23 bits per heavy atom. The average Bonchev–Trinajstić information content (AvgIpc) is 3.35. The second-order valence-electron chi connectivity index (χ2n) is 18.0. The molecule has 8 aromatic carbocycles. The third-order valence-corrected chi connectivity index (χ3v) is 13.9. The Balaban J connectivity index is 1.06. The number of anilines is 6. The molecule has 0 bridgehead atoms. The van der Waals surface area contributed by atoms with Crippen LogP contribution in [0.2, 0.25) is 0 Å². The van der Waals surface area contributed by atoms with Crippen LogP contribution in [0.25, 0.3) is 22.3 Å². The van der Waals surface area contributed by atoms with Crippen molar-refractivity contribution in [3.63, 3.8) is 0 Å². The van der Waals surface area contributed by atoms with E-state index >= 15 is 0 Å². The van der Waals surface area contributed by atoms with Crippen LogP contribution >= 0.6 is 0 Å². The molecule has 4 nitrogen and oxygen atoms in total. The Morgan fingerprint density at radius 1 is 0.470 bits per heavy atom. The molecule has 8 aromatic rings. The molecular weight excluding hydrogens is 805 g/mol. The van der Waals surface area contributed by atoms with Gasteiger partial charge in [-0.25, -0.2) is 4.79 Å². The molecular formula is C62H58N2O2. The van der Waals surface area contributed by atoms with Crippen molar-refractivity contribution < 1.29 is 9.53 Å². The lowest BCUT2D eigenvalue weighted by Gasteiger charge is -2.39. The van der Waals surface area contributed by atoms with Gasteiger partial charge in [0.25, 0.3) is 0 Å². The van der Waals surface area contributed by atoms with Crippen LogP contribution in [0, 0.1) is 34.6 Å². The van der Waals surface area contributed by atoms with Crippen molar-refractivity contribution in [3.05, 3.63) is 234 Å². The van der Waals surface area contributed by atoms with Crippen molar-refractivity contribution in [2.24, 2.45) is 0 Å². The third kappa shape index (κ3) is 8.84. The zero-order chi connectivity index (χ0) is 45.8. The molecule has 328 valence electrons. The lowest BCUT2D eigenvalue weighted by atomic mass is 9.65. The first-order valence-corrected chi connectivity index (χ1v) is 23.3. The molecule has 1 saturated carbocycles. The lowest BCUT2D eigenvalue weighted by Crippen LogP contribution is -2.30. The molecule has 9 rings (SSSR count). The predicted molar refractivity (Wildman–Crippen MR) is 277 cm³/mol. The quantitative estimate of drug-likeness (QED) is 0.0696. The van der Waals surface area contributed by atoms with Crippen LogP contribution in [0.15, 0.2) is 195 Å². The number of aryl methyl sites for hydroxylation is 3. The molecule has 0 radical (unpaired) electrons. The summed E-state index contributed by atoms with van der Waals surface area (Å²) in [6, 6.07) is 66.0. The van der Waals surface area contributed by atoms with Crippen molar-refractivity contribution in [3.8, 4) is 28.0 Å². The van der Waals surface area contributed by atoms with E-state index in [1.165, 1.54) is 86.5 Å². The molecule has 0 N–H and O–H groups in total. The maximum atomic E-state index is 12.0. The second kappa shape index (κ2) is 19.0. The number of hydrogen-bond acceptors (Lipinski definition) is 4. The Kier molecular flexibility index (Phi) is 12.6. The number of nitrogens with zero attached hydrogens (tertiary/aromatic N) is 2. The van der Waals surface area contributed by atoms with Gasteiger partial charge in [-0.3, -0.25) is 0 Å². The zero-order valence-corrected chi connectivity index (χ0v) is 38.9. The van der Waals surface area contributed by atoms with Crippen molar-refractivity contribution in [2.45, 2.75) is 72.1 Å². The second-order valence-corrected chi connectivity index (χ2v) is 18.0. The van der Waals surface area contributed by atoms with Crippen LogP contribution in [0.3, 0.4) is 0 Å². The summed E-state index contributed by atoms with van der Waals surface area (Å²) in [6.07, 6.45) is 7.01. The van der Waals surface area contributed by atoms with Gasteiger partial charge in [0.05, 0.1) is 0 Å². The monoisotopic (exact) mass is 862 g/mol. The Hall–Kier alpha value is -7.43. The van der Waals surface area contributed by atoms with E-state index in [4.69, 9.17) is 4.74 Å². The summed E-state index contributed by atoms with van der Waals surface area (Å²) in [7, 11) is 0. The number of rotatable bonds is 12. The Bertz CT molecular complexity index is 2960. The van der Waals surface area contributed by atoms with Crippen LogP contribution in [-0.2, 0) is 10.2 Å². The highest BCUT2D eigenvalue weighted by atomic mass is 16.5. The molecule has 4 heteroatoms. The highest BCUT2D eigenvalue weighted by molar-refractivity contribution is 5.84. The van der Waals surface area contributed by atoms with Crippen LogP contribution in [0.1, 0.15) is 71.0 Å². The number of carbonyl (C=O) groups excluding carboxylic acids is 1. The molecule has 1 aliphatic carbocycles. The van der Waals surface area contributed by atoms with Crippen LogP contribution in [-0.4, -0.2) is 5.97 Å². The topological polar surface area (TPSA) is 32.8 Å². The maximum absolute atomic E-state index is 12.0. The normalized spacial score (nSPS) is 13.2. The third-order valence-electron chi connectivity index (χ3n) is 13.9. The molecule has 66 heavy (non-hydrogen) atoms. The molecule has 0 atom stereocenters. The standard InChI is InChI=1S/C62H58N2O2/c1-7-61(65)66-58-39-37-57(38-40-58)64(54-31-21-49(22-32-54)60-16-12-14-45(4)47(60)6)56-35-25-51(26-36-56)62(41-9-8-10-42-62)50-23-33-55(34-24-50)63(52-27-17-43(2)18-28-52)53-29-19-48(20-30-53)59-15-11-13-44(3)46(59)5/h7,11-40H,1,8-10,41-42H2,2-6H3. The molecule has 0 heterocycles. The first kappa shape index (κ1) is 43.8. The molecule has 0 unspecified atom stereocenters. The van der Waals surface area contributed by atoms with Gasteiger partial charge in [-0.15, -0.1) is 0 Å². The van der Waals surface area contributed by atoms with Gasteiger partial charge in [0.15, 0.2) is 0 Å². The first-order valence-electron chi connectivity index (χ1n) is 23.3. The van der Waals surface area contributed by atoms with Crippen LogP contribution in [0.5, 0.6) is 5.75 Å². The van der Waals surface area contributed by atoms with Crippen molar-refractivity contribution in [2.75, 3.05) is 9.80 Å². The number of ether oxygens (including phenoxy) is 1. The number of esters is 1. The maximum Gasteiger partial charge on any atom is 0.335 e. The number of carbonyl (C=O) groups is 1. The molecule has 1 fully saturated rings. The van der Waals surface area contributed by atoms with E-state index in [1.807, 2.05) is 24.3 Å². The van der Waals surface area contributed by atoms with E-state index in [9.17, 15) is 4.79 Å². The first-order chi connectivity index (χ1) is 32.1. The molecule has 1 aliphatic rings. The van der Waals surface area contributed by atoms with Gasteiger partial charge in [0.1, 0.15) is 5.75 Å². The summed E-state index contributed by atoms with van der Waals surface area (Å²) >= 11 is 0. The van der Waals surface area contributed by atoms with Gasteiger partial charge in [-0.1, -0.05) is 128 Å². The fraction of sp³-hybridized carbons (Fsp3) is 0.177. The summed E-state index contributed by atoms with van der Waals surface area (Å²) in [6.45, 7) is 14.4. The highest BCUT2D eigenvalue weighted by Crippen LogP contribution is 2.47. The smallest absolute Gasteiger partial charge is 0.335 e. The number of benzene rings is 8. The summed E-state index contributed by atoms with van der Waals surface area (Å²) < 4.78 is 5.45. The van der Waals surface area contributed by atoms with Gasteiger partial charge in [0.2, 0.25) is 0 Å². The van der Waals surface area contributed by atoms with Crippen molar-refractivity contribution in [1.29, 1.82) is 0 Å². The van der Waals surface area contributed by atoms with Gasteiger partial charge in [-0.05, 0) is 188 Å². The fourth-order valence-electron chi connectivity index (χ4n) is 9.88. The van der Waals surface area contributed by atoms with Gasteiger partial charge >= 0.3 is 5.97 Å². The molecule has 0 saturated heterocycles. The van der Waals surface area contributed by atoms with E-state index < -0.39 is 5.97 Å². The summed E-state index contributed by atoms with van der Waals surface area (Å²) in [4.78, 5) is 16.7. The van der Waals surface area contributed by atoms with E-state index in [2.05, 4.69) is 209 Å². The van der Waals surface area contributed by atoms with Gasteiger partial charge < -0.3 is 14.5 Å². The van der Waals surface area contributed by atoms with Gasteiger partial charge in [0, 0.05) is 45.6 Å². The molecule has 0 spiro atoms. The van der Waals surface area contributed by atoms with Crippen molar-refractivity contribution in [1.82, 2.24) is 0 Å². The Labute approximate surface area is 391 Å². The van der Waals surface area contributed by atoms with E-state index in [-0.39, 0.29) is 5.41 Å². The molecule has 0 aliphatic heterocycles. The molecule has 0 amide bonds. The van der Waals surface area contributed by atoms with Crippen LogP contribution in [0.4, 0.5) is 34.1 Å². The summed E-state index contributed by atoms with van der Waals surface area (Å²) in [5.41, 5.74) is 20.4. The van der Waals surface area contributed by atoms with E-state index in [0.29, 0.717) is 5.75 Å². The van der Waals surface area contributed by atoms with Crippen molar-refractivity contribution >= 4 is 40.1 Å². The minimum atomic E-state index is -0.481. The van der Waals surface area contributed by atoms with Gasteiger partial charge in [-0.2, -0.15) is 0 Å². The SMILES string of the molecule is C=CC(=O)Oc1ccc(N(c2ccc(-c3cccc(C)c3C)cc2)c2ccc(C3(c4ccc(N(c5ccc(C)cc5)c5ccc(-c6cccc(C)c6C)cc5)cc4)CCCCC3)cc2)cc1. The molecule has 0 aromatic heterocycles. The largest absolute Gasteiger partial charge is 0.423 e. The minimum Gasteiger partial charge on any atom is -0.423 e. The summed E-state index contributed by atoms with van der Waals surface area (Å²) in [5, 5.41) is 0. The van der Waals surface area contributed by atoms with E-state index in [1.54, 1.807) is 0 Å². The van der Waals surface area contributed by atoms with Crippen LogP contribution < -0.4 is 14.5 Å². The number of hydrogen-bond donors (Lipinski definition) is 0.